The van der Waals surface area contributed by atoms with Crippen molar-refractivity contribution < 1.29 is 18.3 Å². The van der Waals surface area contributed by atoms with Crippen LogP contribution < -0.4 is 9.46 Å². The van der Waals surface area contributed by atoms with E-state index in [0.29, 0.717) is 21.9 Å². The fourth-order valence-electron chi connectivity index (χ4n) is 2.25. The van der Waals surface area contributed by atoms with Crippen molar-refractivity contribution in [3.05, 3.63) is 58.6 Å². The minimum absolute atomic E-state index is 0.118. The first-order valence-electron chi connectivity index (χ1n) is 7.28. The lowest BCUT2D eigenvalue weighted by Gasteiger charge is -2.24. The van der Waals surface area contributed by atoms with E-state index in [-0.39, 0.29) is 11.4 Å². The first kappa shape index (κ1) is 18.7. The third-order valence-corrected chi connectivity index (χ3v) is 5.40. The molecule has 0 saturated heterocycles. The molecule has 24 heavy (non-hydrogen) atoms. The molecule has 2 aromatic carbocycles. The van der Waals surface area contributed by atoms with E-state index < -0.39 is 15.6 Å². The van der Waals surface area contributed by atoms with Crippen molar-refractivity contribution >= 4 is 21.6 Å². The standard InChI is InChI=1S/C17H20ClNO4S/c1-12-10-15(8-9-16(12)23-3)24(21,22)19-11-17(2,20)13-4-6-14(18)7-5-13/h4-10,19-20H,11H2,1-3H3. The van der Waals surface area contributed by atoms with Gasteiger partial charge >= 0.3 is 0 Å². The number of aryl methyl sites for hydroxylation is 1. The molecular formula is C17H20ClNO4S. The first-order valence-corrected chi connectivity index (χ1v) is 9.14. The average molecular weight is 370 g/mol. The molecule has 2 N–H and O–H groups in total. The van der Waals surface area contributed by atoms with Crippen molar-refractivity contribution in [1.29, 1.82) is 0 Å². The molecule has 0 amide bonds. The van der Waals surface area contributed by atoms with Crippen LogP contribution in [0.1, 0.15) is 18.1 Å². The summed E-state index contributed by atoms with van der Waals surface area (Å²) >= 11 is 5.83. The van der Waals surface area contributed by atoms with Gasteiger partial charge < -0.3 is 9.84 Å². The van der Waals surface area contributed by atoms with Gasteiger partial charge in [0, 0.05) is 11.6 Å². The van der Waals surface area contributed by atoms with Gasteiger partial charge in [0.15, 0.2) is 0 Å². The van der Waals surface area contributed by atoms with Crippen LogP contribution in [-0.4, -0.2) is 27.2 Å². The number of hydrogen-bond donors (Lipinski definition) is 2. The molecule has 0 aliphatic carbocycles. The highest BCUT2D eigenvalue weighted by Crippen LogP contribution is 2.24. The second-order valence-electron chi connectivity index (χ2n) is 5.74. The van der Waals surface area contributed by atoms with E-state index in [2.05, 4.69) is 4.72 Å². The number of methoxy groups -OCH3 is 1. The summed E-state index contributed by atoms with van der Waals surface area (Å²) in [5.74, 6) is 0.613. The number of aliphatic hydroxyl groups is 1. The quantitative estimate of drug-likeness (QED) is 0.821. The topological polar surface area (TPSA) is 75.6 Å². The highest BCUT2D eigenvalue weighted by atomic mass is 35.5. The first-order chi connectivity index (χ1) is 11.2. The molecule has 2 rings (SSSR count). The Balaban J connectivity index is 2.17. The number of sulfonamides is 1. The van der Waals surface area contributed by atoms with Crippen LogP contribution in [0.25, 0.3) is 0 Å². The van der Waals surface area contributed by atoms with Gasteiger partial charge in [0.05, 0.1) is 12.0 Å². The predicted molar refractivity (Wildman–Crippen MR) is 93.9 cm³/mol. The molecule has 1 atom stereocenters. The minimum atomic E-state index is -3.75. The van der Waals surface area contributed by atoms with Crippen LogP contribution in [0.15, 0.2) is 47.4 Å². The van der Waals surface area contributed by atoms with E-state index in [1.54, 1.807) is 37.3 Å². The van der Waals surface area contributed by atoms with Gasteiger partial charge in [0.25, 0.3) is 0 Å². The van der Waals surface area contributed by atoms with Crippen LogP contribution in [0.2, 0.25) is 5.02 Å². The molecule has 0 bridgehead atoms. The molecule has 5 nitrogen and oxygen atoms in total. The predicted octanol–water partition coefficient (Wildman–Crippen LogP) is 2.84. The summed E-state index contributed by atoms with van der Waals surface area (Å²) in [7, 11) is -2.22. The Bertz CT molecular complexity index is 817. The van der Waals surface area contributed by atoms with Crippen molar-refractivity contribution in [2.75, 3.05) is 13.7 Å². The maximum absolute atomic E-state index is 12.4. The van der Waals surface area contributed by atoms with Gasteiger partial charge in [0.2, 0.25) is 10.0 Å². The molecule has 2 aromatic rings. The molecule has 0 saturated carbocycles. The van der Waals surface area contributed by atoms with Gasteiger partial charge in [-0.1, -0.05) is 23.7 Å². The fourth-order valence-corrected chi connectivity index (χ4v) is 3.59. The van der Waals surface area contributed by atoms with Gasteiger partial charge in [-0.15, -0.1) is 0 Å². The second-order valence-corrected chi connectivity index (χ2v) is 7.94. The van der Waals surface area contributed by atoms with E-state index in [1.165, 1.54) is 26.2 Å². The molecule has 0 fully saturated rings. The summed E-state index contributed by atoms with van der Waals surface area (Å²) in [4.78, 5) is 0.118. The van der Waals surface area contributed by atoms with Gasteiger partial charge in [-0.05, 0) is 55.3 Å². The lowest BCUT2D eigenvalue weighted by atomic mass is 9.97. The van der Waals surface area contributed by atoms with E-state index in [9.17, 15) is 13.5 Å². The highest BCUT2D eigenvalue weighted by Gasteiger charge is 2.26. The largest absolute Gasteiger partial charge is 0.496 e. The van der Waals surface area contributed by atoms with E-state index in [0.717, 1.165) is 0 Å². The van der Waals surface area contributed by atoms with Crippen LogP contribution in [0.4, 0.5) is 0 Å². The summed E-state index contributed by atoms with van der Waals surface area (Å²) in [6.45, 7) is 3.14. The van der Waals surface area contributed by atoms with E-state index in [4.69, 9.17) is 16.3 Å². The van der Waals surface area contributed by atoms with Crippen LogP contribution in [-0.2, 0) is 15.6 Å². The summed E-state index contributed by atoms with van der Waals surface area (Å²) < 4.78 is 32.4. The Morgan fingerprint density at radius 1 is 1.21 bits per heavy atom. The summed E-state index contributed by atoms with van der Waals surface area (Å²) in [5.41, 5.74) is -0.0792. The maximum Gasteiger partial charge on any atom is 0.240 e. The molecule has 0 aliphatic rings. The number of rotatable bonds is 6. The second kappa shape index (κ2) is 7.11. The third-order valence-electron chi connectivity index (χ3n) is 3.75. The van der Waals surface area contributed by atoms with Crippen molar-refractivity contribution in [3.8, 4) is 5.75 Å². The normalized spacial score (nSPS) is 14.2. The van der Waals surface area contributed by atoms with Crippen molar-refractivity contribution in [2.24, 2.45) is 0 Å². The number of halogens is 1. The summed E-state index contributed by atoms with van der Waals surface area (Å²) in [5, 5.41) is 11.1. The van der Waals surface area contributed by atoms with E-state index >= 15 is 0 Å². The molecular weight excluding hydrogens is 350 g/mol. The molecule has 0 aromatic heterocycles. The Hall–Kier alpha value is -1.60. The molecule has 0 radical (unpaired) electrons. The van der Waals surface area contributed by atoms with Crippen LogP contribution >= 0.6 is 11.6 Å². The number of benzene rings is 2. The van der Waals surface area contributed by atoms with Crippen LogP contribution in [0.5, 0.6) is 5.75 Å². The third kappa shape index (κ3) is 4.27. The van der Waals surface area contributed by atoms with Gasteiger partial charge in [0.1, 0.15) is 11.4 Å². The SMILES string of the molecule is COc1ccc(S(=O)(=O)NCC(C)(O)c2ccc(Cl)cc2)cc1C. The zero-order valence-electron chi connectivity index (χ0n) is 13.7. The van der Waals surface area contributed by atoms with Crippen LogP contribution in [0.3, 0.4) is 0 Å². The Kier molecular flexibility index (Phi) is 5.55. The fraction of sp³-hybridized carbons (Fsp3) is 0.294. The number of nitrogens with one attached hydrogen (secondary N) is 1. The molecule has 0 heterocycles. The average Bonchev–Trinajstić information content (AvgIpc) is 2.53. The Morgan fingerprint density at radius 3 is 2.38 bits per heavy atom. The van der Waals surface area contributed by atoms with Crippen LogP contribution in [0, 0.1) is 6.92 Å². The van der Waals surface area contributed by atoms with Crippen molar-refractivity contribution in [1.82, 2.24) is 4.72 Å². The Labute approximate surface area is 147 Å². The number of ether oxygens (including phenoxy) is 1. The molecule has 0 aliphatic heterocycles. The molecule has 0 spiro atoms. The smallest absolute Gasteiger partial charge is 0.240 e. The zero-order valence-corrected chi connectivity index (χ0v) is 15.3. The molecule has 7 heteroatoms. The summed E-state index contributed by atoms with van der Waals surface area (Å²) in [6, 6.07) is 11.2. The summed E-state index contributed by atoms with van der Waals surface area (Å²) in [6.07, 6.45) is 0. The Morgan fingerprint density at radius 2 is 1.83 bits per heavy atom. The van der Waals surface area contributed by atoms with Gasteiger partial charge in [-0.2, -0.15) is 0 Å². The maximum atomic E-state index is 12.4. The minimum Gasteiger partial charge on any atom is -0.496 e. The number of hydrogen-bond acceptors (Lipinski definition) is 4. The highest BCUT2D eigenvalue weighted by molar-refractivity contribution is 7.89. The lowest BCUT2D eigenvalue weighted by Crippen LogP contribution is -2.38. The molecule has 130 valence electrons. The van der Waals surface area contributed by atoms with E-state index in [1.807, 2.05) is 0 Å². The van der Waals surface area contributed by atoms with Gasteiger partial charge in [-0.3, -0.25) is 0 Å². The zero-order chi connectivity index (χ0) is 18.0. The van der Waals surface area contributed by atoms with Crippen molar-refractivity contribution in [3.63, 3.8) is 0 Å². The van der Waals surface area contributed by atoms with Gasteiger partial charge in [-0.25, -0.2) is 13.1 Å². The lowest BCUT2D eigenvalue weighted by molar-refractivity contribution is 0.0627. The van der Waals surface area contributed by atoms with Crippen molar-refractivity contribution in [2.45, 2.75) is 24.3 Å². The monoisotopic (exact) mass is 369 g/mol. The molecule has 1 unspecified atom stereocenters.